The molecular formula is C15H19ClN2O3. The molecule has 2 aliphatic rings. The molecule has 0 saturated carbocycles. The molecule has 0 aliphatic carbocycles. The number of hydrogen-bond donors (Lipinski definition) is 1. The summed E-state index contributed by atoms with van der Waals surface area (Å²) in [7, 11) is 0. The minimum Gasteiger partial charge on any atom is -0.379 e. The Kier molecular flexibility index (Phi) is 4.45. The van der Waals surface area contributed by atoms with Gasteiger partial charge in [0.25, 0.3) is 5.91 Å². The summed E-state index contributed by atoms with van der Waals surface area (Å²) >= 11 is 6.03. The van der Waals surface area contributed by atoms with Gasteiger partial charge in [0.05, 0.1) is 13.2 Å². The zero-order valence-electron chi connectivity index (χ0n) is 11.7. The standard InChI is InChI=1S/C15H19ClN2O3/c16-13-4-2-1-3-12(13)14(19)15(20)18-9-11(10-18)17-5-7-21-8-6-17/h1-4,11,14,19H,5-10H2/t14-/m0/s1. The quantitative estimate of drug-likeness (QED) is 0.902. The minimum atomic E-state index is -1.18. The minimum absolute atomic E-state index is 0.271. The maximum absolute atomic E-state index is 12.3. The fraction of sp³-hybridized carbons (Fsp3) is 0.533. The van der Waals surface area contributed by atoms with Crippen LogP contribution in [0, 0.1) is 0 Å². The predicted molar refractivity (Wildman–Crippen MR) is 79.2 cm³/mol. The molecule has 0 bridgehead atoms. The normalized spacial score (nSPS) is 21.9. The Morgan fingerprint density at radius 3 is 2.62 bits per heavy atom. The van der Waals surface area contributed by atoms with Gasteiger partial charge in [-0.2, -0.15) is 0 Å². The predicted octanol–water partition coefficient (Wildman–Crippen LogP) is 0.916. The Morgan fingerprint density at radius 2 is 1.95 bits per heavy atom. The van der Waals surface area contributed by atoms with Gasteiger partial charge in [0.1, 0.15) is 0 Å². The summed E-state index contributed by atoms with van der Waals surface area (Å²) in [6.07, 6.45) is -1.18. The van der Waals surface area contributed by atoms with E-state index in [0.717, 1.165) is 26.3 Å². The molecule has 1 amide bonds. The van der Waals surface area contributed by atoms with Gasteiger partial charge >= 0.3 is 0 Å². The van der Waals surface area contributed by atoms with E-state index < -0.39 is 6.10 Å². The lowest BCUT2D eigenvalue weighted by Gasteiger charge is -2.47. The van der Waals surface area contributed by atoms with Crippen LogP contribution in [0.3, 0.4) is 0 Å². The molecule has 1 atom stereocenters. The molecule has 3 rings (SSSR count). The lowest BCUT2D eigenvalue weighted by molar-refractivity contribution is -0.149. The Hall–Kier alpha value is -1.14. The van der Waals surface area contributed by atoms with E-state index in [2.05, 4.69) is 4.90 Å². The number of amides is 1. The third kappa shape index (κ3) is 3.06. The van der Waals surface area contributed by atoms with Crippen molar-refractivity contribution in [2.75, 3.05) is 39.4 Å². The number of nitrogens with zero attached hydrogens (tertiary/aromatic N) is 2. The first-order valence-corrected chi connectivity index (χ1v) is 7.57. The second-order valence-electron chi connectivity index (χ2n) is 5.47. The molecule has 0 spiro atoms. The van der Waals surface area contributed by atoms with E-state index in [4.69, 9.17) is 16.3 Å². The molecular weight excluding hydrogens is 292 g/mol. The molecule has 2 heterocycles. The van der Waals surface area contributed by atoms with E-state index in [0.29, 0.717) is 29.7 Å². The van der Waals surface area contributed by atoms with Crippen LogP contribution in [-0.2, 0) is 9.53 Å². The van der Waals surface area contributed by atoms with E-state index in [1.54, 1.807) is 29.2 Å². The third-order valence-corrected chi connectivity index (χ3v) is 4.51. The molecule has 0 aromatic heterocycles. The monoisotopic (exact) mass is 310 g/mol. The van der Waals surface area contributed by atoms with Crippen molar-refractivity contribution in [3.8, 4) is 0 Å². The van der Waals surface area contributed by atoms with Crippen LogP contribution in [0.25, 0.3) is 0 Å². The van der Waals surface area contributed by atoms with Gasteiger partial charge in [0.2, 0.25) is 0 Å². The van der Waals surface area contributed by atoms with Crippen molar-refractivity contribution in [2.45, 2.75) is 12.1 Å². The van der Waals surface area contributed by atoms with Crippen molar-refractivity contribution < 1.29 is 14.6 Å². The number of hydrogen-bond acceptors (Lipinski definition) is 4. The molecule has 114 valence electrons. The van der Waals surface area contributed by atoms with E-state index in [1.165, 1.54) is 0 Å². The number of carbonyl (C=O) groups excluding carboxylic acids is 1. The van der Waals surface area contributed by atoms with Crippen LogP contribution in [0.15, 0.2) is 24.3 Å². The van der Waals surface area contributed by atoms with Gasteiger partial charge in [0.15, 0.2) is 6.10 Å². The highest BCUT2D eigenvalue weighted by Gasteiger charge is 2.38. The van der Waals surface area contributed by atoms with Crippen molar-refractivity contribution in [3.63, 3.8) is 0 Å². The molecule has 0 unspecified atom stereocenters. The second kappa shape index (κ2) is 6.32. The SMILES string of the molecule is O=C([C@@H](O)c1ccccc1Cl)N1CC(N2CCOCC2)C1. The molecule has 6 heteroatoms. The summed E-state index contributed by atoms with van der Waals surface area (Å²) in [4.78, 5) is 16.3. The number of carbonyl (C=O) groups is 1. The number of likely N-dealkylation sites (tertiary alicyclic amines) is 1. The summed E-state index contributed by atoms with van der Waals surface area (Å²) < 4.78 is 5.33. The van der Waals surface area contributed by atoms with Crippen LogP contribution < -0.4 is 0 Å². The van der Waals surface area contributed by atoms with Crippen molar-refractivity contribution in [3.05, 3.63) is 34.9 Å². The molecule has 1 aromatic carbocycles. The summed E-state index contributed by atoms with van der Waals surface area (Å²) in [5.41, 5.74) is 0.471. The smallest absolute Gasteiger partial charge is 0.256 e. The van der Waals surface area contributed by atoms with Gasteiger partial charge < -0.3 is 14.7 Å². The highest BCUT2D eigenvalue weighted by molar-refractivity contribution is 6.31. The number of morpholine rings is 1. The summed E-state index contributed by atoms with van der Waals surface area (Å²) in [5, 5.41) is 10.6. The summed E-state index contributed by atoms with van der Waals surface area (Å²) in [6, 6.07) is 7.30. The molecule has 2 aliphatic heterocycles. The maximum Gasteiger partial charge on any atom is 0.256 e. The van der Waals surface area contributed by atoms with Crippen LogP contribution in [0.4, 0.5) is 0 Å². The Morgan fingerprint density at radius 1 is 1.29 bits per heavy atom. The van der Waals surface area contributed by atoms with E-state index in [-0.39, 0.29) is 5.91 Å². The highest BCUT2D eigenvalue weighted by Crippen LogP contribution is 2.26. The second-order valence-corrected chi connectivity index (χ2v) is 5.88. The van der Waals surface area contributed by atoms with E-state index >= 15 is 0 Å². The molecule has 1 aromatic rings. The van der Waals surface area contributed by atoms with Crippen LogP contribution in [0.5, 0.6) is 0 Å². The topological polar surface area (TPSA) is 53.0 Å². The van der Waals surface area contributed by atoms with E-state index in [1.807, 2.05) is 0 Å². The molecule has 2 fully saturated rings. The van der Waals surface area contributed by atoms with Gasteiger partial charge in [-0.3, -0.25) is 9.69 Å². The fourth-order valence-electron chi connectivity index (χ4n) is 2.81. The summed E-state index contributed by atoms with van der Waals surface area (Å²) in [5.74, 6) is -0.271. The lowest BCUT2D eigenvalue weighted by atomic mass is 10.0. The van der Waals surface area contributed by atoms with Gasteiger partial charge in [-0.15, -0.1) is 0 Å². The Bertz CT molecular complexity index is 513. The fourth-order valence-corrected chi connectivity index (χ4v) is 3.05. The first-order chi connectivity index (χ1) is 10.2. The van der Waals surface area contributed by atoms with Gasteiger partial charge in [-0.1, -0.05) is 29.8 Å². The molecule has 0 radical (unpaired) electrons. The number of ether oxygens (including phenoxy) is 1. The number of benzene rings is 1. The molecule has 5 nitrogen and oxygen atoms in total. The van der Waals surface area contributed by atoms with Gasteiger partial charge in [-0.25, -0.2) is 0 Å². The Labute approximate surface area is 129 Å². The van der Waals surface area contributed by atoms with Crippen molar-refractivity contribution >= 4 is 17.5 Å². The maximum atomic E-state index is 12.3. The number of halogens is 1. The van der Waals surface area contributed by atoms with Crippen molar-refractivity contribution in [1.82, 2.24) is 9.80 Å². The van der Waals surface area contributed by atoms with Crippen LogP contribution in [0.2, 0.25) is 5.02 Å². The molecule has 2 saturated heterocycles. The first-order valence-electron chi connectivity index (χ1n) is 7.20. The largest absolute Gasteiger partial charge is 0.379 e. The average molecular weight is 311 g/mol. The van der Waals surface area contributed by atoms with E-state index in [9.17, 15) is 9.90 Å². The lowest BCUT2D eigenvalue weighted by Crippen LogP contribution is -2.63. The van der Waals surface area contributed by atoms with Crippen LogP contribution >= 0.6 is 11.6 Å². The highest BCUT2D eigenvalue weighted by atomic mass is 35.5. The zero-order chi connectivity index (χ0) is 14.8. The first kappa shape index (κ1) is 14.8. The summed E-state index contributed by atoms with van der Waals surface area (Å²) in [6.45, 7) is 4.68. The number of aliphatic hydroxyl groups is 1. The average Bonchev–Trinajstić information content (AvgIpc) is 2.46. The molecule has 1 N–H and O–H groups in total. The van der Waals surface area contributed by atoms with Crippen molar-refractivity contribution in [1.29, 1.82) is 0 Å². The number of aliphatic hydroxyl groups excluding tert-OH is 1. The Balaban J connectivity index is 1.56. The van der Waals surface area contributed by atoms with Crippen molar-refractivity contribution in [2.24, 2.45) is 0 Å². The van der Waals surface area contributed by atoms with Crippen LogP contribution in [-0.4, -0.2) is 66.2 Å². The van der Waals surface area contributed by atoms with Gasteiger partial charge in [0, 0.05) is 42.8 Å². The van der Waals surface area contributed by atoms with Crippen LogP contribution in [0.1, 0.15) is 11.7 Å². The van der Waals surface area contributed by atoms with Gasteiger partial charge in [-0.05, 0) is 6.07 Å². The zero-order valence-corrected chi connectivity index (χ0v) is 12.5. The number of rotatable bonds is 3. The third-order valence-electron chi connectivity index (χ3n) is 4.17. The molecule has 21 heavy (non-hydrogen) atoms.